The normalized spacial score (nSPS) is 11.1. The lowest BCUT2D eigenvalue weighted by Gasteiger charge is -2.03. The summed E-state index contributed by atoms with van der Waals surface area (Å²) in [6.45, 7) is 2.26. The monoisotopic (exact) mass is 321 g/mol. The number of hydrogen-bond donors (Lipinski definition) is 0. The van der Waals surface area contributed by atoms with Crippen LogP contribution in [0.3, 0.4) is 0 Å². The maximum atomic E-state index is 12.1. The van der Waals surface area contributed by atoms with Crippen molar-refractivity contribution in [3.05, 3.63) is 29.8 Å². The summed E-state index contributed by atoms with van der Waals surface area (Å²) in [4.78, 5) is 13.5. The van der Waals surface area contributed by atoms with Crippen LogP contribution in [0.15, 0.2) is 29.2 Å². The molecule has 0 unspecified atom stereocenters. The molecule has 22 heavy (non-hydrogen) atoms. The van der Waals surface area contributed by atoms with Gasteiger partial charge in [-0.2, -0.15) is 0 Å². The van der Waals surface area contributed by atoms with Crippen LogP contribution < -0.4 is 0 Å². The van der Waals surface area contributed by atoms with E-state index in [0.29, 0.717) is 12.2 Å². The molecule has 1 aromatic rings. The van der Waals surface area contributed by atoms with Gasteiger partial charge in [0.1, 0.15) is 12.5 Å². The largest absolute Gasteiger partial charge is 0.294 e. The zero-order chi connectivity index (χ0) is 16.2. The SMILES string of the molecule is CCCCCCCCCCCC(=O)c1ccc([S+](C)C)cc1. The van der Waals surface area contributed by atoms with E-state index in [1.807, 2.05) is 12.1 Å². The minimum Gasteiger partial charge on any atom is -0.294 e. The second-order valence-corrected chi connectivity index (χ2v) is 8.45. The van der Waals surface area contributed by atoms with Crippen molar-refractivity contribution in [2.75, 3.05) is 12.5 Å². The zero-order valence-corrected chi connectivity index (χ0v) is 15.5. The Morgan fingerprint density at radius 3 is 1.82 bits per heavy atom. The van der Waals surface area contributed by atoms with E-state index < -0.39 is 0 Å². The molecule has 1 nitrogen and oxygen atoms in total. The highest BCUT2D eigenvalue weighted by molar-refractivity contribution is 7.95. The lowest BCUT2D eigenvalue weighted by molar-refractivity contribution is 0.0979. The van der Waals surface area contributed by atoms with E-state index >= 15 is 0 Å². The molecule has 0 aliphatic heterocycles. The molecular weight excluding hydrogens is 288 g/mol. The third-order valence-corrected chi connectivity index (χ3v) is 5.37. The van der Waals surface area contributed by atoms with Crippen LogP contribution in [0.25, 0.3) is 0 Å². The van der Waals surface area contributed by atoms with E-state index in [-0.39, 0.29) is 10.9 Å². The Kier molecular flexibility index (Phi) is 10.3. The second kappa shape index (κ2) is 11.8. The predicted octanol–water partition coefficient (Wildman–Crippen LogP) is 6.03. The van der Waals surface area contributed by atoms with Gasteiger partial charge >= 0.3 is 0 Å². The summed E-state index contributed by atoms with van der Waals surface area (Å²) in [6, 6.07) is 8.20. The predicted molar refractivity (Wildman–Crippen MR) is 100 cm³/mol. The molecule has 124 valence electrons. The first-order valence-corrected chi connectivity index (χ1v) is 10.9. The average Bonchev–Trinajstić information content (AvgIpc) is 2.53. The van der Waals surface area contributed by atoms with Crippen LogP contribution >= 0.6 is 0 Å². The van der Waals surface area contributed by atoms with Crippen LogP contribution in [0, 0.1) is 0 Å². The number of unbranched alkanes of at least 4 members (excludes halogenated alkanes) is 8. The van der Waals surface area contributed by atoms with Gasteiger partial charge in [0, 0.05) is 22.9 Å². The van der Waals surface area contributed by atoms with Gasteiger partial charge in [-0.25, -0.2) is 0 Å². The fourth-order valence-electron chi connectivity index (χ4n) is 2.65. The fraction of sp³-hybridized carbons (Fsp3) is 0.650. The third kappa shape index (κ3) is 8.03. The van der Waals surface area contributed by atoms with Crippen molar-refractivity contribution < 1.29 is 4.79 Å². The van der Waals surface area contributed by atoms with Gasteiger partial charge in [0.25, 0.3) is 0 Å². The summed E-state index contributed by atoms with van der Waals surface area (Å²) in [6.07, 6.45) is 16.8. The van der Waals surface area contributed by atoms with E-state index in [1.54, 1.807) is 0 Å². The van der Waals surface area contributed by atoms with E-state index in [9.17, 15) is 4.79 Å². The lowest BCUT2D eigenvalue weighted by Crippen LogP contribution is -2.01. The zero-order valence-electron chi connectivity index (χ0n) is 14.7. The Hall–Kier alpha value is -0.760. The first-order valence-electron chi connectivity index (χ1n) is 8.86. The van der Waals surface area contributed by atoms with Crippen LogP contribution in [0.5, 0.6) is 0 Å². The number of benzene rings is 1. The number of ketones is 1. The van der Waals surface area contributed by atoms with Gasteiger partial charge < -0.3 is 0 Å². The number of carbonyl (C=O) groups excluding carboxylic acids is 1. The van der Waals surface area contributed by atoms with E-state index in [0.717, 1.165) is 12.0 Å². The van der Waals surface area contributed by atoms with E-state index in [1.165, 1.54) is 56.3 Å². The molecule has 2 heteroatoms. The van der Waals surface area contributed by atoms with Gasteiger partial charge in [0.05, 0.1) is 0 Å². The molecule has 0 N–H and O–H groups in total. The van der Waals surface area contributed by atoms with E-state index in [2.05, 4.69) is 31.6 Å². The Bertz CT molecular complexity index is 408. The average molecular weight is 322 g/mol. The molecule has 1 aromatic carbocycles. The summed E-state index contributed by atoms with van der Waals surface area (Å²) in [5.74, 6) is 0.307. The maximum absolute atomic E-state index is 12.1. The quantitative estimate of drug-likeness (QED) is 0.261. The topological polar surface area (TPSA) is 17.1 Å². The minimum atomic E-state index is 0.276. The van der Waals surface area contributed by atoms with Crippen LogP contribution in [0.1, 0.15) is 81.5 Å². The standard InChI is InChI=1S/C20H33OS/c1-4-5-6-7-8-9-10-11-12-13-20(21)18-14-16-19(17-15-18)22(2)3/h14-17H,4-13H2,1-3H3/q+1. The molecule has 0 atom stereocenters. The second-order valence-electron chi connectivity index (χ2n) is 6.34. The molecule has 0 radical (unpaired) electrons. The molecule has 0 spiro atoms. The Morgan fingerprint density at radius 1 is 0.818 bits per heavy atom. The molecule has 0 aliphatic rings. The summed E-state index contributed by atoms with van der Waals surface area (Å²) < 4.78 is 0. The lowest BCUT2D eigenvalue weighted by atomic mass is 10.0. The van der Waals surface area contributed by atoms with Gasteiger partial charge in [0.15, 0.2) is 10.7 Å². The third-order valence-electron chi connectivity index (χ3n) is 4.16. The van der Waals surface area contributed by atoms with Crippen molar-refractivity contribution in [3.63, 3.8) is 0 Å². The number of carbonyl (C=O) groups is 1. The first-order chi connectivity index (χ1) is 10.6. The van der Waals surface area contributed by atoms with Crippen molar-refractivity contribution in [2.24, 2.45) is 0 Å². The molecule has 0 aromatic heterocycles. The maximum Gasteiger partial charge on any atom is 0.162 e. The Balaban J connectivity index is 2.10. The molecule has 0 fully saturated rings. The van der Waals surface area contributed by atoms with Crippen molar-refractivity contribution in [1.29, 1.82) is 0 Å². The van der Waals surface area contributed by atoms with Crippen molar-refractivity contribution in [2.45, 2.75) is 76.0 Å². The molecular formula is C20H33OS+. The van der Waals surface area contributed by atoms with Crippen LogP contribution in [0.4, 0.5) is 0 Å². The van der Waals surface area contributed by atoms with Gasteiger partial charge in [0.2, 0.25) is 0 Å². The molecule has 0 saturated carbocycles. The highest BCUT2D eigenvalue weighted by Crippen LogP contribution is 2.15. The highest BCUT2D eigenvalue weighted by atomic mass is 32.2. The molecule has 0 heterocycles. The number of hydrogen-bond acceptors (Lipinski definition) is 1. The summed E-state index contributed by atoms with van der Waals surface area (Å²) in [7, 11) is 0.276. The molecule has 0 bridgehead atoms. The van der Waals surface area contributed by atoms with Gasteiger partial charge in [-0.05, 0) is 30.7 Å². The smallest absolute Gasteiger partial charge is 0.162 e. The van der Waals surface area contributed by atoms with Crippen molar-refractivity contribution in [3.8, 4) is 0 Å². The summed E-state index contributed by atoms with van der Waals surface area (Å²) in [5, 5.41) is 0. The highest BCUT2D eigenvalue weighted by Gasteiger charge is 2.10. The number of rotatable bonds is 12. The van der Waals surface area contributed by atoms with Crippen LogP contribution in [0.2, 0.25) is 0 Å². The van der Waals surface area contributed by atoms with E-state index in [4.69, 9.17) is 0 Å². The van der Waals surface area contributed by atoms with Gasteiger partial charge in [-0.1, -0.05) is 58.3 Å². The molecule has 0 amide bonds. The van der Waals surface area contributed by atoms with Crippen molar-refractivity contribution >= 4 is 16.7 Å². The number of Topliss-reactive ketones (excluding diaryl/α,β-unsaturated/α-hetero) is 1. The Labute approximate surface area is 140 Å². The van der Waals surface area contributed by atoms with Crippen LogP contribution in [-0.4, -0.2) is 18.3 Å². The van der Waals surface area contributed by atoms with Gasteiger partial charge in [-0.15, -0.1) is 0 Å². The molecule has 1 rings (SSSR count). The van der Waals surface area contributed by atoms with Crippen molar-refractivity contribution in [1.82, 2.24) is 0 Å². The molecule has 0 saturated heterocycles. The summed E-state index contributed by atoms with van der Waals surface area (Å²) >= 11 is 0. The first kappa shape index (κ1) is 19.3. The van der Waals surface area contributed by atoms with Gasteiger partial charge in [-0.3, -0.25) is 4.79 Å². The fourth-order valence-corrected chi connectivity index (χ4v) is 3.33. The minimum absolute atomic E-state index is 0.276. The summed E-state index contributed by atoms with van der Waals surface area (Å²) in [5.41, 5.74) is 0.883. The Morgan fingerprint density at radius 2 is 1.32 bits per heavy atom. The van der Waals surface area contributed by atoms with Crippen LogP contribution in [-0.2, 0) is 10.9 Å². The molecule has 0 aliphatic carbocycles.